The Bertz CT molecular complexity index is 1470. The molecule has 0 spiro atoms. The van der Waals surface area contributed by atoms with Gasteiger partial charge in [-0.3, -0.25) is 14.7 Å². The lowest BCUT2D eigenvalue weighted by molar-refractivity contribution is 0.112. The Labute approximate surface area is 211 Å². The average molecular weight is 478 g/mol. The third-order valence-electron chi connectivity index (χ3n) is 8.30. The monoisotopic (exact) mass is 477 g/mol. The van der Waals surface area contributed by atoms with Crippen molar-refractivity contribution in [3.63, 3.8) is 0 Å². The van der Waals surface area contributed by atoms with Crippen LogP contribution in [0.1, 0.15) is 53.1 Å². The number of aldehydes is 1. The summed E-state index contributed by atoms with van der Waals surface area (Å²) in [4.78, 5) is 21.2. The number of piperazine rings is 1. The van der Waals surface area contributed by atoms with Crippen LogP contribution in [0, 0.1) is 11.3 Å². The van der Waals surface area contributed by atoms with E-state index in [0.29, 0.717) is 17.5 Å². The zero-order valence-corrected chi connectivity index (χ0v) is 20.7. The summed E-state index contributed by atoms with van der Waals surface area (Å²) < 4.78 is 2.20. The molecule has 4 aromatic rings. The SMILES string of the molecule is Cn1cc([C@H]2CC[C@H](N3CCN(c4cc(C=O)cc5cccnc45)CC3)CC2)c2cc(C#N)ccc21. The number of carbonyl (C=O) groups excluding carboxylic acids is 1. The van der Waals surface area contributed by atoms with E-state index in [-0.39, 0.29) is 0 Å². The van der Waals surface area contributed by atoms with Gasteiger partial charge in [-0.25, -0.2) is 0 Å². The minimum Gasteiger partial charge on any atom is -0.367 e. The number of aryl methyl sites for hydroxylation is 1. The van der Waals surface area contributed by atoms with Crippen LogP contribution >= 0.6 is 0 Å². The molecular weight excluding hydrogens is 446 g/mol. The number of aromatic nitrogens is 2. The third-order valence-corrected chi connectivity index (χ3v) is 8.30. The van der Waals surface area contributed by atoms with E-state index in [1.54, 1.807) is 0 Å². The number of anilines is 1. The minimum atomic E-state index is 0.559. The lowest BCUT2D eigenvalue weighted by Gasteiger charge is -2.42. The first kappa shape index (κ1) is 22.8. The highest BCUT2D eigenvalue weighted by molar-refractivity contribution is 5.96. The van der Waals surface area contributed by atoms with Crippen LogP contribution < -0.4 is 4.90 Å². The fourth-order valence-electron chi connectivity index (χ4n) is 6.40. The maximum atomic E-state index is 11.5. The van der Waals surface area contributed by atoms with Gasteiger partial charge in [-0.05, 0) is 73.6 Å². The van der Waals surface area contributed by atoms with Gasteiger partial charge < -0.3 is 9.47 Å². The maximum absolute atomic E-state index is 11.5. The van der Waals surface area contributed by atoms with Gasteiger partial charge in [0.1, 0.15) is 6.29 Å². The summed E-state index contributed by atoms with van der Waals surface area (Å²) in [6.07, 6.45) is 9.85. The lowest BCUT2D eigenvalue weighted by Crippen LogP contribution is -2.51. The van der Waals surface area contributed by atoms with E-state index in [1.165, 1.54) is 42.1 Å². The highest BCUT2D eigenvalue weighted by atomic mass is 16.1. The molecule has 1 saturated heterocycles. The smallest absolute Gasteiger partial charge is 0.150 e. The minimum absolute atomic E-state index is 0.559. The van der Waals surface area contributed by atoms with Gasteiger partial charge in [-0.2, -0.15) is 5.26 Å². The Balaban J connectivity index is 1.12. The molecule has 2 aliphatic rings. The molecule has 1 aliphatic heterocycles. The number of benzene rings is 2. The number of fused-ring (bicyclic) bond motifs is 2. The van der Waals surface area contributed by atoms with Crippen molar-refractivity contribution in [3.8, 4) is 6.07 Å². The highest BCUT2D eigenvalue weighted by Crippen LogP contribution is 2.39. The van der Waals surface area contributed by atoms with E-state index in [0.717, 1.165) is 54.6 Å². The van der Waals surface area contributed by atoms with Crippen molar-refractivity contribution >= 4 is 33.8 Å². The molecule has 0 bridgehead atoms. The largest absolute Gasteiger partial charge is 0.367 e. The summed E-state index contributed by atoms with van der Waals surface area (Å²) in [6, 6.07) is 16.9. The van der Waals surface area contributed by atoms with Crippen LogP contribution in [0.15, 0.2) is 54.9 Å². The summed E-state index contributed by atoms with van der Waals surface area (Å²) in [5.74, 6) is 0.559. The van der Waals surface area contributed by atoms with Gasteiger partial charge in [0.2, 0.25) is 0 Å². The maximum Gasteiger partial charge on any atom is 0.150 e. The van der Waals surface area contributed by atoms with E-state index >= 15 is 0 Å². The van der Waals surface area contributed by atoms with Crippen molar-refractivity contribution in [2.45, 2.75) is 37.6 Å². The van der Waals surface area contributed by atoms with Gasteiger partial charge in [0.25, 0.3) is 0 Å². The molecule has 0 amide bonds. The molecule has 6 heteroatoms. The topological polar surface area (TPSA) is 65.2 Å². The summed E-state index contributed by atoms with van der Waals surface area (Å²) in [6.45, 7) is 3.98. The van der Waals surface area contributed by atoms with Crippen LogP contribution in [0.3, 0.4) is 0 Å². The van der Waals surface area contributed by atoms with Gasteiger partial charge in [0.15, 0.2) is 0 Å². The predicted octanol–water partition coefficient (Wildman–Crippen LogP) is 5.26. The van der Waals surface area contributed by atoms with Crippen molar-refractivity contribution < 1.29 is 4.79 Å². The van der Waals surface area contributed by atoms with Crippen molar-refractivity contribution in [2.75, 3.05) is 31.1 Å². The van der Waals surface area contributed by atoms with Crippen LogP contribution in [-0.4, -0.2) is 53.0 Å². The Hall–Kier alpha value is -3.69. The zero-order valence-electron chi connectivity index (χ0n) is 20.7. The second kappa shape index (κ2) is 9.40. The Kier molecular flexibility index (Phi) is 5.94. The summed E-state index contributed by atoms with van der Waals surface area (Å²) in [5.41, 5.74) is 6.12. The average Bonchev–Trinajstić information content (AvgIpc) is 3.28. The predicted molar refractivity (Wildman–Crippen MR) is 144 cm³/mol. The van der Waals surface area contributed by atoms with Crippen LogP contribution in [0.2, 0.25) is 0 Å². The lowest BCUT2D eigenvalue weighted by atomic mass is 9.81. The molecule has 0 N–H and O–H groups in total. The number of hydrogen-bond donors (Lipinski definition) is 0. The summed E-state index contributed by atoms with van der Waals surface area (Å²) in [5, 5.41) is 11.6. The van der Waals surface area contributed by atoms with Crippen LogP contribution in [0.5, 0.6) is 0 Å². The molecule has 0 atom stereocenters. The molecule has 6 nitrogen and oxygen atoms in total. The second-order valence-electron chi connectivity index (χ2n) is 10.3. The third kappa shape index (κ3) is 4.04. The van der Waals surface area contributed by atoms with Crippen LogP contribution in [0.25, 0.3) is 21.8 Å². The number of nitriles is 1. The van der Waals surface area contributed by atoms with Gasteiger partial charge in [-0.1, -0.05) is 6.07 Å². The molecule has 0 unspecified atom stereocenters. The van der Waals surface area contributed by atoms with Crippen LogP contribution in [-0.2, 0) is 7.05 Å². The fraction of sp³-hybridized carbons (Fsp3) is 0.367. The second-order valence-corrected chi connectivity index (χ2v) is 10.3. The molecule has 6 rings (SSSR count). The number of hydrogen-bond acceptors (Lipinski definition) is 5. The quantitative estimate of drug-likeness (QED) is 0.375. The Morgan fingerprint density at radius 3 is 2.58 bits per heavy atom. The molecule has 2 aromatic heterocycles. The zero-order chi connectivity index (χ0) is 24.6. The van der Waals surface area contributed by atoms with Gasteiger partial charge >= 0.3 is 0 Å². The first-order chi connectivity index (χ1) is 17.6. The normalized spacial score (nSPS) is 21.1. The molecule has 1 aliphatic carbocycles. The van der Waals surface area contributed by atoms with E-state index < -0.39 is 0 Å². The molecule has 0 radical (unpaired) electrons. The standard InChI is InChI=1S/C30H31N5O/c1-33-19-27(26-16-21(18-31)4-9-28(26)33)23-5-7-25(8-6-23)34-11-13-35(14-12-34)29-17-22(20-36)15-24-3-2-10-32-30(24)29/h2-4,9-10,15-17,19-20,23,25H,5-8,11-14H2,1H3/t23-,25-. The van der Waals surface area contributed by atoms with E-state index in [1.807, 2.05) is 36.5 Å². The highest BCUT2D eigenvalue weighted by Gasteiger charge is 2.30. The Morgan fingerprint density at radius 1 is 1.03 bits per heavy atom. The van der Waals surface area contributed by atoms with Crippen molar-refractivity contribution in [2.24, 2.45) is 7.05 Å². The molecule has 36 heavy (non-hydrogen) atoms. The number of carbonyl (C=O) groups is 1. The van der Waals surface area contributed by atoms with Crippen molar-refractivity contribution in [1.29, 1.82) is 5.26 Å². The van der Waals surface area contributed by atoms with Crippen molar-refractivity contribution in [1.82, 2.24) is 14.5 Å². The van der Waals surface area contributed by atoms with Crippen molar-refractivity contribution in [3.05, 3.63) is 71.5 Å². The number of nitrogens with zero attached hydrogens (tertiary/aromatic N) is 5. The molecule has 2 fully saturated rings. The molecule has 182 valence electrons. The first-order valence-corrected chi connectivity index (χ1v) is 13.0. The fourth-order valence-corrected chi connectivity index (χ4v) is 6.40. The van der Waals surface area contributed by atoms with E-state index in [2.05, 4.69) is 50.8 Å². The van der Waals surface area contributed by atoms with Gasteiger partial charge in [0, 0.05) is 73.5 Å². The van der Waals surface area contributed by atoms with Gasteiger partial charge in [0.05, 0.1) is 22.8 Å². The number of pyridine rings is 1. The van der Waals surface area contributed by atoms with Crippen LogP contribution in [0.4, 0.5) is 5.69 Å². The number of rotatable bonds is 4. The van der Waals surface area contributed by atoms with E-state index in [4.69, 9.17) is 0 Å². The molecule has 3 heterocycles. The summed E-state index contributed by atoms with van der Waals surface area (Å²) in [7, 11) is 2.10. The summed E-state index contributed by atoms with van der Waals surface area (Å²) >= 11 is 0. The van der Waals surface area contributed by atoms with Gasteiger partial charge in [-0.15, -0.1) is 0 Å². The molecule has 2 aromatic carbocycles. The molecule has 1 saturated carbocycles. The Morgan fingerprint density at radius 2 is 1.83 bits per heavy atom. The van der Waals surface area contributed by atoms with E-state index in [9.17, 15) is 10.1 Å². The first-order valence-electron chi connectivity index (χ1n) is 13.0. The molecular formula is C30H31N5O.